The van der Waals surface area contributed by atoms with Crippen molar-refractivity contribution in [2.75, 3.05) is 72.5 Å². The first kappa shape index (κ1) is 55.3. The summed E-state index contributed by atoms with van der Waals surface area (Å²) in [5, 5.41) is 29.3. The van der Waals surface area contributed by atoms with E-state index in [1.54, 1.807) is 0 Å². The quantitative estimate of drug-likeness (QED) is 0.0465. The highest BCUT2D eigenvalue weighted by atomic mass is 16.5. The van der Waals surface area contributed by atoms with E-state index in [1.807, 2.05) is 0 Å². The van der Waals surface area contributed by atoms with E-state index in [0.29, 0.717) is 52.2 Å². The van der Waals surface area contributed by atoms with E-state index in [1.165, 1.54) is 58.3 Å². The molecule has 1 saturated carbocycles. The van der Waals surface area contributed by atoms with Crippen molar-refractivity contribution in [1.82, 2.24) is 21.3 Å². The number of carbonyl (C=O) groups excluding carboxylic acids is 5. The van der Waals surface area contributed by atoms with Gasteiger partial charge in [-0.05, 0) is 57.8 Å². The van der Waals surface area contributed by atoms with Crippen LogP contribution in [0.15, 0.2) is 0 Å². The lowest BCUT2D eigenvalue weighted by atomic mass is 9.81. The van der Waals surface area contributed by atoms with Gasteiger partial charge in [-0.15, -0.1) is 0 Å². The first-order valence-corrected chi connectivity index (χ1v) is 22.8. The number of nitrogens with one attached hydrogen (secondary N) is 4. The van der Waals surface area contributed by atoms with Crippen LogP contribution in [-0.4, -0.2) is 130 Å². The third-order valence-electron chi connectivity index (χ3n) is 10.5. The van der Waals surface area contributed by atoms with Gasteiger partial charge in [0, 0.05) is 44.8 Å². The zero-order chi connectivity index (χ0) is 44.8. The summed E-state index contributed by atoms with van der Waals surface area (Å²) in [6, 6.07) is -1.18. The molecule has 17 heteroatoms. The molecule has 0 bridgehead atoms. The Bertz CT molecular complexity index is 1230. The summed E-state index contributed by atoms with van der Waals surface area (Å²) in [5.74, 6) is -2.89. The smallest absolute Gasteiger partial charge is 0.326 e. The van der Waals surface area contributed by atoms with Crippen LogP contribution >= 0.6 is 0 Å². The fourth-order valence-corrected chi connectivity index (χ4v) is 6.97. The highest BCUT2D eigenvalue weighted by Gasteiger charge is 2.29. The van der Waals surface area contributed by atoms with Crippen LogP contribution in [0, 0.1) is 11.8 Å². The summed E-state index contributed by atoms with van der Waals surface area (Å²) in [4.78, 5) is 82.5. The number of carboxylic acids is 2. The fourth-order valence-electron chi connectivity index (χ4n) is 6.97. The van der Waals surface area contributed by atoms with Gasteiger partial charge >= 0.3 is 11.9 Å². The molecule has 0 aliphatic heterocycles. The van der Waals surface area contributed by atoms with Gasteiger partial charge in [-0.3, -0.25) is 28.8 Å². The number of hydrogen-bond acceptors (Lipinski definition) is 11. The van der Waals surface area contributed by atoms with Crippen molar-refractivity contribution in [3.05, 3.63) is 0 Å². The number of ketones is 1. The first-order chi connectivity index (χ1) is 29.5. The van der Waals surface area contributed by atoms with Crippen LogP contribution in [0.5, 0.6) is 0 Å². The van der Waals surface area contributed by atoms with Crippen LogP contribution in [0.1, 0.15) is 148 Å². The summed E-state index contributed by atoms with van der Waals surface area (Å²) < 4.78 is 21.0. The number of rotatable bonds is 41. The van der Waals surface area contributed by atoms with Crippen LogP contribution < -0.4 is 21.3 Å². The summed E-state index contributed by atoms with van der Waals surface area (Å²) in [6.45, 7) is 3.95. The third-order valence-corrected chi connectivity index (χ3v) is 10.5. The molecule has 0 aromatic heterocycles. The standard InChI is InChI=1S/C44H78N4O13/c1-35(49)33-60-30-28-59-27-25-46-41(52)34-61-31-29-58-26-24-45-40(51)23-22-38(44(56)57)48-43(55)37-20-18-36(19-21-37)32-47-39(50)16-14-12-10-8-6-4-2-3-5-7-9-11-13-15-17-42(53)54/h36-38H,2-34H2,1H3,(H,45,51)(H,46,52)(H,47,50)(H,48,55)(H,53,54)(H,56,57)/t36?,37?,38-/m0/s1. The second kappa shape index (κ2) is 38.0. The van der Waals surface area contributed by atoms with Gasteiger partial charge < -0.3 is 50.4 Å². The van der Waals surface area contributed by atoms with Crippen molar-refractivity contribution < 1.29 is 62.7 Å². The predicted octanol–water partition coefficient (Wildman–Crippen LogP) is 4.47. The molecule has 1 rings (SSSR count). The number of aliphatic carboxylic acids is 2. The van der Waals surface area contributed by atoms with E-state index in [0.717, 1.165) is 51.4 Å². The minimum atomic E-state index is -1.20. The van der Waals surface area contributed by atoms with E-state index in [4.69, 9.17) is 24.1 Å². The van der Waals surface area contributed by atoms with Crippen LogP contribution in [0.3, 0.4) is 0 Å². The monoisotopic (exact) mass is 871 g/mol. The van der Waals surface area contributed by atoms with E-state index >= 15 is 0 Å². The van der Waals surface area contributed by atoms with Crippen molar-refractivity contribution in [3.8, 4) is 0 Å². The lowest BCUT2D eigenvalue weighted by Gasteiger charge is -2.28. The number of unbranched alkanes of at least 4 members (excludes halogenated alkanes) is 13. The Morgan fingerprint density at radius 2 is 0.984 bits per heavy atom. The zero-order valence-electron chi connectivity index (χ0n) is 37.0. The Labute approximate surface area is 363 Å². The molecule has 1 aliphatic rings. The third kappa shape index (κ3) is 34.6. The predicted molar refractivity (Wildman–Crippen MR) is 229 cm³/mol. The van der Waals surface area contributed by atoms with Crippen molar-refractivity contribution in [2.45, 2.75) is 154 Å². The summed E-state index contributed by atoms with van der Waals surface area (Å²) in [7, 11) is 0. The second-order valence-electron chi connectivity index (χ2n) is 16.0. The summed E-state index contributed by atoms with van der Waals surface area (Å²) >= 11 is 0. The number of Topliss-reactive ketones (excluding diaryl/α,β-unsaturated/α-hetero) is 1. The average Bonchev–Trinajstić information content (AvgIpc) is 3.23. The van der Waals surface area contributed by atoms with Crippen molar-refractivity contribution in [1.29, 1.82) is 0 Å². The van der Waals surface area contributed by atoms with Gasteiger partial charge in [-0.2, -0.15) is 0 Å². The summed E-state index contributed by atoms with van der Waals surface area (Å²) in [6.07, 6.45) is 19.4. The molecule has 352 valence electrons. The molecule has 0 aromatic carbocycles. The maximum Gasteiger partial charge on any atom is 0.326 e. The van der Waals surface area contributed by atoms with E-state index in [-0.39, 0.29) is 100 Å². The molecule has 4 amide bonds. The normalized spacial score (nSPS) is 15.4. The Balaban J connectivity index is 2.01. The van der Waals surface area contributed by atoms with Crippen molar-refractivity contribution in [3.63, 3.8) is 0 Å². The molecule has 0 saturated heterocycles. The molecule has 6 N–H and O–H groups in total. The molecule has 61 heavy (non-hydrogen) atoms. The van der Waals surface area contributed by atoms with Gasteiger partial charge in [-0.25, -0.2) is 4.79 Å². The minimum Gasteiger partial charge on any atom is -0.481 e. The molecule has 1 atom stereocenters. The van der Waals surface area contributed by atoms with E-state index < -0.39 is 18.0 Å². The number of hydrogen-bond donors (Lipinski definition) is 6. The van der Waals surface area contributed by atoms with Gasteiger partial charge in [-0.1, -0.05) is 77.0 Å². The van der Waals surface area contributed by atoms with Gasteiger partial charge in [0.05, 0.1) is 39.6 Å². The minimum absolute atomic E-state index is 0.0471. The van der Waals surface area contributed by atoms with Gasteiger partial charge in [0.1, 0.15) is 19.3 Å². The maximum absolute atomic E-state index is 12.9. The number of carboxylic acid groups (broad SMARTS) is 2. The maximum atomic E-state index is 12.9. The van der Waals surface area contributed by atoms with Crippen LogP contribution in [0.4, 0.5) is 0 Å². The molecule has 0 unspecified atom stereocenters. The number of carbonyl (C=O) groups is 7. The second-order valence-corrected chi connectivity index (χ2v) is 16.0. The molecule has 17 nitrogen and oxygen atoms in total. The van der Waals surface area contributed by atoms with E-state index in [2.05, 4.69) is 21.3 Å². The van der Waals surface area contributed by atoms with Gasteiger partial charge in [0.25, 0.3) is 0 Å². The van der Waals surface area contributed by atoms with Crippen LogP contribution in [0.2, 0.25) is 0 Å². The Hall–Kier alpha value is -3.67. The highest BCUT2D eigenvalue weighted by molar-refractivity contribution is 5.85. The van der Waals surface area contributed by atoms with Crippen molar-refractivity contribution >= 4 is 41.4 Å². The topological polar surface area (TPSA) is 245 Å². The SMILES string of the molecule is CC(=O)COCCOCCNC(=O)COCCOCCNC(=O)CC[C@H](NC(=O)C1CCC(CNC(=O)CCCCCCCCCCCCCCCCC(=O)O)CC1)C(=O)O. The largest absolute Gasteiger partial charge is 0.481 e. The highest BCUT2D eigenvalue weighted by Crippen LogP contribution is 2.29. The Morgan fingerprint density at radius 3 is 1.49 bits per heavy atom. The van der Waals surface area contributed by atoms with Crippen LogP contribution in [-0.2, 0) is 52.5 Å². The zero-order valence-corrected chi connectivity index (χ0v) is 37.0. The first-order valence-electron chi connectivity index (χ1n) is 22.8. The van der Waals surface area contributed by atoms with Gasteiger partial charge in [0.15, 0.2) is 5.78 Å². The van der Waals surface area contributed by atoms with Gasteiger partial charge in [0.2, 0.25) is 23.6 Å². The Kier molecular flexibility index (Phi) is 34.5. The molecule has 0 aromatic rings. The average molecular weight is 871 g/mol. The number of amides is 4. The lowest BCUT2D eigenvalue weighted by Crippen LogP contribution is -2.45. The molecular formula is C44H78N4O13. The molecule has 0 spiro atoms. The van der Waals surface area contributed by atoms with Crippen LogP contribution in [0.25, 0.3) is 0 Å². The molecule has 0 radical (unpaired) electrons. The Morgan fingerprint density at radius 1 is 0.525 bits per heavy atom. The van der Waals surface area contributed by atoms with Crippen molar-refractivity contribution in [2.24, 2.45) is 11.8 Å². The van der Waals surface area contributed by atoms with E-state index in [9.17, 15) is 38.7 Å². The molecule has 0 heterocycles. The summed E-state index contributed by atoms with van der Waals surface area (Å²) in [5.41, 5.74) is 0. The molecule has 1 aliphatic carbocycles. The molecular weight excluding hydrogens is 792 g/mol. The molecule has 1 fully saturated rings. The lowest BCUT2D eigenvalue weighted by molar-refractivity contribution is -0.143. The fraction of sp³-hybridized carbons (Fsp3) is 0.841. The number of ether oxygens (including phenoxy) is 4.